The number of rotatable bonds is 2. The van der Waals surface area contributed by atoms with Gasteiger partial charge < -0.3 is 10.6 Å². The second kappa shape index (κ2) is 6.19. The van der Waals surface area contributed by atoms with E-state index in [4.69, 9.17) is 5.26 Å². The maximum atomic E-state index is 13.6. The fourth-order valence-electron chi connectivity index (χ4n) is 1.49. The number of hydrogen-bond acceptors (Lipinski definition) is 2. The van der Waals surface area contributed by atoms with Crippen molar-refractivity contribution >= 4 is 5.96 Å². The molecule has 4 nitrogen and oxygen atoms in total. The van der Waals surface area contributed by atoms with Crippen LogP contribution in [0, 0.1) is 17.1 Å². The number of hydrogen-bond donors (Lipinski definition) is 2. The molecule has 0 unspecified atom stereocenters. The van der Waals surface area contributed by atoms with E-state index in [1.54, 1.807) is 7.05 Å². The van der Waals surface area contributed by atoms with Gasteiger partial charge in [-0.3, -0.25) is 4.99 Å². The highest BCUT2D eigenvalue weighted by atomic mass is 19.1. The van der Waals surface area contributed by atoms with Crippen LogP contribution in [0.2, 0.25) is 0 Å². The Hall–Kier alpha value is -2.09. The largest absolute Gasteiger partial charge is 0.352 e. The van der Waals surface area contributed by atoms with Crippen molar-refractivity contribution in [2.45, 2.75) is 32.9 Å². The van der Waals surface area contributed by atoms with E-state index in [1.165, 1.54) is 18.2 Å². The van der Waals surface area contributed by atoms with Crippen LogP contribution in [0.15, 0.2) is 23.2 Å². The van der Waals surface area contributed by atoms with Crippen LogP contribution in [0.3, 0.4) is 0 Å². The van der Waals surface area contributed by atoms with Gasteiger partial charge in [0.1, 0.15) is 5.82 Å². The van der Waals surface area contributed by atoms with Crippen molar-refractivity contribution in [3.63, 3.8) is 0 Å². The maximum absolute atomic E-state index is 13.6. The summed E-state index contributed by atoms with van der Waals surface area (Å²) in [6.07, 6.45) is 0. The van der Waals surface area contributed by atoms with Crippen LogP contribution < -0.4 is 10.6 Å². The first-order valence-electron chi connectivity index (χ1n) is 6.03. The van der Waals surface area contributed by atoms with Gasteiger partial charge in [-0.25, -0.2) is 4.39 Å². The Morgan fingerprint density at radius 3 is 2.63 bits per heavy atom. The first-order valence-corrected chi connectivity index (χ1v) is 6.03. The zero-order valence-corrected chi connectivity index (χ0v) is 11.7. The van der Waals surface area contributed by atoms with E-state index in [0.29, 0.717) is 17.1 Å². The highest BCUT2D eigenvalue weighted by Crippen LogP contribution is 2.09. The van der Waals surface area contributed by atoms with E-state index in [1.807, 2.05) is 26.8 Å². The van der Waals surface area contributed by atoms with E-state index in [2.05, 4.69) is 15.6 Å². The Morgan fingerprint density at radius 1 is 1.42 bits per heavy atom. The van der Waals surface area contributed by atoms with Crippen molar-refractivity contribution in [1.29, 1.82) is 5.26 Å². The number of nitriles is 1. The smallest absolute Gasteiger partial charge is 0.191 e. The molecular weight excluding hydrogens is 243 g/mol. The summed E-state index contributed by atoms with van der Waals surface area (Å²) < 4.78 is 13.6. The van der Waals surface area contributed by atoms with Crippen molar-refractivity contribution in [1.82, 2.24) is 10.6 Å². The van der Waals surface area contributed by atoms with Crippen LogP contribution in [-0.4, -0.2) is 18.5 Å². The van der Waals surface area contributed by atoms with Crippen molar-refractivity contribution in [2.75, 3.05) is 7.05 Å². The molecule has 19 heavy (non-hydrogen) atoms. The van der Waals surface area contributed by atoms with E-state index < -0.39 is 0 Å². The molecule has 1 aromatic rings. The molecule has 0 heterocycles. The minimum atomic E-state index is -0.335. The Balaban J connectivity index is 2.73. The fraction of sp³-hybridized carbons (Fsp3) is 0.429. The van der Waals surface area contributed by atoms with Crippen molar-refractivity contribution in [3.05, 3.63) is 35.1 Å². The predicted octanol–water partition coefficient (Wildman–Crippen LogP) is 2.16. The summed E-state index contributed by atoms with van der Waals surface area (Å²) in [5.74, 6) is 0.256. The van der Waals surface area contributed by atoms with Gasteiger partial charge in [0.2, 0.25) is 0 Å². The Labute approximate surface area is 113 Å². The molecule has 1 aromatic carbocycles. The quantitative estimate of drug-likeness (QED) is 0.634. The number of nitrogens with zero attached hydrogens (tertiary/aromatic N) is 2. The topological polar surface area (TPSA) is 60.2 Å². The van der Waals surface area contributed by atoms with Gasteiger partial charge in [0.05, 0.1) is 11.6 Å². The Bertz CT molecular complexity index is 509. The molecule has 0 radical (unpaired) electrons. The lowest BCUT2D eigenvalue weighted by molar-refractivity contribution is 0.500. The summed E-state index contributed by atoms with van der Waals surface area (Å²) in [6.45, 7) is 6.31. The maximum Gasteiger partial charge on any atom is 0.191 e. The lowest BCUT2D eigenvalue weighted by Gasteiger charge is -2.23. The van der Waals surface area contributed by atoms with Crippen LogP contribution in [0.25, 0.3) is 0 Å². The monoisotopic (exact) mass is 262 g/mol. The molecule has 5 heteroatoms. The summed E-state index contributed by atoms with van der Waals surface area (Å²) in [6, 6.07) is 6.29. The van der Waals surface area contributed by atoms with Gasteiger partial charge in [-0.2, -0.15) is 5.26 Å². The molecule has 0 aliphatic heterocycles. The molecule has 0 saturated carbocycles. The average molecular weight is 262 g/mol. The molecular formula is C14H19FN4. The van der Waals surface area contributed by atoms with Crippen LogP contribution in [0.1, 0.15) is 31.9 Å². The second-order valence-corrected chi connectivity index (χ2v) is 5.22. The molecule has 0 aromatic heterocycles. The van der Waals surface area contributed by atoms with Crippen LogP contribution in [-0.2, 0) is 6.54 Å². The fourth-order valence-corrected chi connectivity index (χ4v) is 1.49. The van der Waals surface area contributed by atoms with Gasteiger partial charge in [-0.15, -0.1) is 0 Å². The zero-order chi connectivity index (χ0) is 14.5. The van der Waals surface area contributed by atoms with Gasteiger partial charge in [0.15, 0.2) is 5.96 Å². The minimum Gasteiger partial charge on any atom is -0.352 e. The van der Waals surface area contributed by atoms with Gasteiger partial charge in [0.25, 0.3) is 0 Å². The summed E-state index contributed by atoms with van der Waals surface area (Å²) in [5.41, 5.74) is 0.752. The molecule has 0 aliphatic rings. The summed E-state index contributed by atoms with van der Waals surface area (Å²) in [4.78, 5) is 4.07. The van der Waals surface area contributed by atoms with Crippen LogP contribution in [0.4, 0.5) is 4.39 Å². The SMILES string of the molecule is CN=C(NCc1cc(C#N)ccc1F)NC(C)(C)C. The van der Waals surface area contributed by atoms with Gasteiger partial charge in [0, 0.05) is 24.7 Å². The average Bonchev–Trinajstić information content (AvgIpc) is 2.34. The minimum absolute atomic E-state index is 0.130. The van der Waals surface area contributed by atoms with Gasteiger partial charge in [-0.05, 0) is 39.0 Å². The van der Waals surface area contributed by atoms with Crippen LogP contribution >= 0.6 is 0 Å². The van der Waals surface area contributed by atoms with E-state index >= 15 is 0 Å². The standard InChI is InChI=1S/C14H19FN4/c1-14(2,3)19-13(17-4)18-9-11-7-10(8-16)5-6-12(11)15/h5-7H,9H2,1-4H3,(H2,17,18,19). The summed E-state index contributed by atoms with van der Waals surface area (Å²) in [5, 5.41) is 15.0. The van der Waals surface area contributed by atoms with E-state index in [9.17, 15) is 4.39 Å². The molecule has 0 aliphatic carbocycles. The summed E-state index contributed by atoms with van der Waals surface area (Å²) in [7, 11) is 1.66. The molecule has 0 atom stereocenters. The van der Waals surface area contributed by atoms with E-state index in [0.717, 1.165) is 0 Å². The first kappa shape index (κ1) is 15.0. The van der Waals surface area contributed by atoms with Crippen molar-refractivity contribution < 1.29 is 4.39 Å². The number of halogens is 1. The molecule has 2 N–H and O–H groups in total. The van der Waals surface area contributed by atoms with E-state index in [-0.39, 0.29) is 17.9 Å². The molecule has 0 spiro atoms. The number of aliphatic imine (C=N–C) groups is 1. The van der Waals surface area contributed by atoms with Gasteiger partial charge in [-0.1, -0.05) is 0 Å². The first-order chi connectivity index (χ1) is 8.85. The molecule has 102 valence electrons. The number of guanidine groups is 1. The van der Waals surface area contributed by atoms with Crippen molar-refractivity contribution in [2.24, 2.45) is 4.99 Å². The lowest BCUT2D eigenvalue weighted by Crippen LogP contribution is -2.47. The third kappa shape index (κ3) is 4.96. The lowest BCUT2D eigenvalue weighted by atomic mass is 10.1. The number of benzene rings is 1. The third-order valence-electron chi connectivity index (χ3n) is 2.34. The zero-order valence-electron chi connectivity index (χ0n) is 11.7. The predicted molar refractivity (Wildman–Crippen MR) is 74.2 cm³/mol. The molecule has 0 fully saturated rings. The Morgan fingerprint density at radius 2 is 2.11 bits per heavy atom. The van der Waals surface area contributed by atoms with Crippen molar-refractivity contribution in [3.8, 4) is 6.07 Å². The molecule has 0 saturated heterocycles. The van der Waals surface area contributed by atoms with Crippen LogP contribution in [0.5, 0.6) is 0 Å². The second-order valence-electron chi connectivity index (χ2n) is 5.22. The number of nitrogens with one attached hydrogen (secondary N) is 2. The highest BCUT2D eigenvalue weighted by molar-refractivity contribution is 5.80. The molecule has 0 bridgehead atoms. The van der Waals surface area contributed by atoms with Gasteiger partial charge >= 0.3 is 0 Å². The third-order valence-corrected chi connectivity index (χ3v) is 2.34. The normalized spacial score (nSPS) is 11.9. The highest BCUT2D eigenvalue weighted by Gasteiger charge is 2.12. The Kier molecular flexibility index (Phi) is 4.87. The summed E-state index contributed by atoms with van der Waals surface area (Å²) >= 11 is 0. The molecule has 1 rings (SSSR count). The molecule has 0 amide bonds.